The molecule has 8 rings (SSSR count). The molecule has 1 saturated heterocycles. The van der Waals surface area contributed by atoms with Gasteiger partial charge in [-0.15, -0.1) is 11.3 Å². The van der Waals surface area contributed by atoms with Gasteiger partial charge in [-0.3, -0.25) is 19.0 Å². The highest BCUT2D eigenvalue weighted by molar-refractivity contribution is 8.09. The Bertz CT molecular complexity index is 2310. The molecular weight excluding hydrogens is 675 g/mol. The zero-order valence-corrected chi connectivity index (χ0v) is 29.8. The van der Waals surface area contributed by atoms with Gasteiger partial charge in [-0.2, -0.15) is 0 Å². The van der Waals surface area contributed by atoms with E-state index in [1.54, 1.807) is 4.90 Å². The zero-order chi connectivity index (χ0) is 35.1. The monoisotopic (exact) mass is 711 g/mol. The molecule has 3 heterocycles. The first-order valence-electron chi connectivity index (χ1n) is 17.3. The Morgan fingerprint density at radius 1 is 0.882 bits per heavy atom. The van der Waals surface area contributed by atoms with Gasteiger partial charge in [0.2, 0.25) is 0 Å². The average molecular weight is 712 g/mol. The fourth-order valence-electron chi connectivity index (χ4n) is 7.68. The average Bonchev–Trinajstić information content (AvgIpc) is 3.92. The largest absolute Gasteiger partial charge is 0.480 e. The van der Waals surface area contributed by atoms with E-state index in [1.165, 1.54) is 55.6 Å². The van der Waals surface area contributed by atoms with E-state index < -0.39 is 12.5 Å². The molecule has 0 spiro atoms. The van der Waals surface area contributed by atoms with E-state index in [1.807, 2.05) is 31.2 Å². The first-order valence-corrected chi connectivity index (χ1v) is 19.1. The molecule has 1 N–H and O–H groups in total. The Morgan fingerprint density at radius 2 is 1.57 bits per heavy atom. The second-order valence-electron chi connectivity index (χ2n) is 13.1. The Labute approximate surface area is 304 Å². The van der Waals surface area contributed by atoms with Crippen LogP contribution in [0.25, 0.3) is 22.6 Å². The number of hydrogen-bond acceptors (Lipinski definition) is 6. The lowest BCUT2D eigenvalue weighted by atomic mass is 9.95. The molecule has 256 valence electrons. The number of aromatic nitrogens is 1. The quantitative estimate of drug-likeness (QED) is 0.177. The number of benzene rings is 4. The molecule has 9 heteroatoms. The molecule has 7 nitrogen and oxygen atoms in total. The number of carbonyl (C=O) groups is 2. The molecule has 2 atom stereocenters. The van der Waals surface area contributed by atoms with Gasteiger partial charge in [0.15, 0.2) is 0 Å². The minimum absolute atomic E-state index is 0.156. The van der Waals surface area contributed by atoms with Crippen molar-refractivity contribution in [3.8, 4) is 0 Å². The summed E-state index contributed by atoms with van der Waals surface area (Å²) in [5.41, 5.74) is 8.82. The van der Waals surface area contributed by atoms with Gasteiger partial charge in [-0.25, -0.2) is 0 Å². The maximum Gasteiger partial charge on any atom is 0.323 e. The second-order valence-corrected chi connectivity index (χ2v) is 15.1. The highest BCUT2D eigenvalue weighted by Gasteiger charge is 2.42. The van der Waals surface area contributed by atoms with Gasteiger partial charge in [0, 0.05) is 29.9 Å². The van der Waals surface area contributed by atoms with Gasteiger partial charge in [0.25, 0.3) is 11.5 Å². The van der Waals surface area contributed by atoms with E-state index in [0.29, 0.717) is 38.5 Å². The van der Waals surface area contributed by atoms with Crippen molar-refractivity contribution in [2.24, 2.45) is 0 Å². The normalized spacial score (nSPS) is 19.4. The molecule has 2 aliphatic heterocycles. The van der Waals surface area contributed by atoms with E-state index >= 15 is 0 Å². The predicted octanol–water partition coefficient (Wildman–Crippen LogP) is 6.86. The molecule has 0 bridgehead atoms. The number of anilines is 2. The number of amides is 1. The van der Waals surface area contributed by atoms with Crippen LogP contribution in [-0.2, 0) is 16.1 Å². The summed E-state index contributed by atoms with van der Waals surface area (Å²) < 4.78 is 2.08. The molecular formula is C42H37N3O4S2. The number of nitrogens with zero attached hydrogens (tertiary/aromatic N) is 3. The summed E-state index contributed by atoms with van der Waals surface area (Å²) >= 11 is 2.56. The first kappa shape index (κ1) is 33.0. The molecule has 0 radical (unpaired) electrons. The maximum absolute atomic E-state index is 13.6. The number of carboxylic acids is 1. The van der Waals surface area contributed by atoms with Gasteiger partial charge in [0.1, 0.15) is 16.1 Å². The van der Waals surface area contributed by atoms with Gasteiger partial charge in [0.05, 0.1) is 10.4 Å². The van der Waals surface area contributed by atoms with Gasteiger partial charge in [-0.1, -0.05) is 97.0 Å². The minimum Gasteiger partial charge on any atom is -0.480 e. The predicted molar refractivity (Wildman–Crippen MR) is 208 cm³/mol. The third-order valence-electron chi connectivity index (χ3n) is 10.1. The van der Waals surface area contributed by atoms with Gasteiger partial charge >= 0.3 is 5.97 Å². The van der Waals surface area contributed by atoms with E-state index in [4.69, 9.17) is 0 Å². The molecule has 2 fully saturated rings. The van der Waals surface area contributed by atoms with Crippen molar-refractivity contribution in [3.63, 3.8) is 0 Å². The van der Waals surface area contributed by atoms with Crippen LogP contribution in [0.15, 0.2) is 108 Å². The van der Waals surface area contributed by atoms with Crippen LogP contribution in [-0.4, -0.2) is 44.9 Å². The number of thioether (sulfide) groups is 1. The summed E-state index contributed by atoms with van der Waals surface area (Å²) in [5.74, 6) is -0.389. The second kappa shape index (κ2) is 13.9. The maximum atomic E-state index is 13.6. The minimum atomic E-state index is -1.12. The van der Waals surface area contributed by atoms with Crippen LogP contribution in [0.3, 0.4) is 0 Å². The van der Waals surface area contributed by atoms with Crippen LogP contribution in [0.1, 0.15) is 59.9 Å². The molecule has 2 unspecified atom stereocenters. The highest BCUT2D eigenvalue weighted by atomic mass is 32.2. The van der Waals surface area contributed by atoms with Gasteiger partial charge < -0.3 is 14.9 Å². The van der Waals surface area contributed by atoms with Crippen LogP contribution < -0.4 is 19.7 Å². The van der Waals surface area contributed by atoms with Crippen LogP contribution in [0.5, 0.6) is 0 Å². The molecule has 3 aliphatic rings. The van der Waals surface area contributed by atoms with Crippen LogP contribution in [0.4, 0.5) is 11.4 Å². The summed E-state index contributed by atoms with van der Waals surface area (Å²) in [6, 6.07) is 36.6. The Morgan fingerprint density at radius 3 is 2.22 bits per heavy atom. The fraction of sp³-hybridized carbons (Fsp3) is 0.214. The summed E-state index contributed by atoms with van der Waals surface area (Å²) in [5, 5.41) is 9.60. The van der Waals surface area contributed by atoms with Crippen LogP contribution in [0, 0.1) is 0 Å². The summed E-state index contributed by atoms with van der Waals surface area (Å²) in [6.07, 6.45) is 7.48. The molecule has 1 saturated carbocycles. The third kappa shape index (κ3) is 6.25. The number of aliphatic carboxylic acids is 1. The lowest BCUT2D eigenvalue weighted by Gasteiger charge is -2.27. The number of carboxylic acid groups (broad SMARTS) is 1. The van der Waals surface area contributed by atoms with E-state index in [9.17, 15) is 19.5 Å². The van der Waals surface area contributed by atoms with Crippen molar-refractivity contribution in [2.75, 3.05) is 17.3 Å². The first-order chi connectivity index (χ1) is 24.9. The fourth-order valence-corrected chi connectivity index (χ4v) is 10.1. The SMILES string of the molecule is CCN1CS/C(=c2/s/c(=C\c3ccc4c(c3)C3CCCC3N4c3ccc(C=C(c4ccccc4)c4ccccc4)cc3)c(=O)n2CC(=O)O)C1=O. The highest BCUT2D eigenvalue weighted by Crippen LogP contribution is 2.52. The van der Waals surface area contributed by atoms with Crippen molar-refractivity contribution in [1.29, 1.82) is 0 Å². The Hall–Kier alpha value is -5.12. The summed E-state index contributed by atoms with van der Waals surface area (Å²) in [4.78, 5) is 42.9. The van der Waals surface area contributed by atoms with Crippen LogP contribution in [0.2, 0.25) is 0 Å². The van der Waals surface area contributed by atoms with Crippen molar-refractivity contribution in [2.45, 2.75) is 44.7 Å². The number of rotatable bonds is 8. The number of fused-ring (bicyclic) bond motifs is 3. The van der Waals surface area contributed by atoms with Crippen molar-refractivity contribution in [1.82, 2.24) is 9.47 Å². The Balaban J connectivity index is 1.14. The smallest absolute Gasteiger partial charge is 0.323 e. The van der Waals surface area contributed by atoms with E-state index in [-0.39, 0.29) is 11.5 Å². The van der Waals surface area contributed by atoms with Crippen molar-refractivity contribution >= 4 is 69.0 Å². The number of hydrogen-bond donors (Lipinski definition) is 1. The molecule has 1 aliphatic carbocycles. The summed E-state index contributed by atoms with van der Waals surface area (Å²) in [7, 11) is 0. The lowest BCUT2D eigenvalue weighted by Crippen LogP contribution is -2.35. The molecule has 51 heavy (non-hydrogen) atoms. The van der Waals surface area contributed by atoms with Gasteiger partial charge in [-0.05, 0) is 89.6 Å². The Kier molecular flexibility index (Phi) is 9.00. The third-order valence-corrected chi connectivity index (χ3v) is 12.5. The standard InChI is InChI=1S/C42H37N3O4S2/c1-2-43-26-50-39(41(43)49)42-44(25-38(46)47)40(48)37(51-42)24-28-18-21-36-34(23-28)32-14-9-15-35(32)45(36)31-19-16-27(17-20-31)22-33(29-10-5-3-6-11-29)30-12-7-4-8-13-30/h3-8,10-13,16-24,32,35H,2,9,14-15,25-26H2,1H3,(H,46,47)/b37-24-,42-39+. The molecule has 5 aromatic rings. The molecule has 4 aromatic carbocycles. The zero-order valence-electron chi connectivity index (χ0n) is 28.2. The lowest BCUT2D eigenvalue weighted by molar-refractivity contribution is -0.137. The van der Waals surface area contributed by atoms with Crippen molar-refractivity contribution < 1.29 is 14.7 Å². The van der Waals surface area contributed by atoms with Crippen molar-refractivity contribution in [3.05, 3.63) is 150 Å². The number of thiazole rings is 1. The topological polar surface area (TPSA) is 82.8 Å². The number of carbonyl (C=O) groups excluding carboxylic acids is 1. The molecule has 1 aromatic heterocycles. The summed E-state index contributed by atoms with van der Waals surface area (Å²) in [6.45, 7) is 1.98. The van der Waals surface area contributed by atoms with E-state index in [2.05, 4.69) is 95.9 Å². The van der Waals surface area contributed by atoms with E-state index in [0.717, 1.165) is 36.1 Å². The van der Waals surface area contributed by atoms with Crippen LogP contribution >= 0.6 is 23.1 Å². The molecule has 1 amide bonds.